The van der Waals surface area contributed by atoms with E-state index in [-0.39, 0.29) is 78.9 Å². The lowest BCUT2D eigenvalue weighted by Crippen LogP contribution is -2.36. The van der Waals surface area contributed by atoms with Crippen molar-refractivity contribution in [3.05, 3.63) is 171 Å². The predicted molar refractivity (Wildman–Crippen MR) is 320 cm³/mol. The summed E-state index contributed by atoms with van der Waals surface area (Å²) in [5.74, 6) is 0.314. The molecule has 0 saturated heterocycles. The summed E-state index contributed by atoms with van der Waals surface area (Å²) in [5, 5.41) is 24.7. The van der Waals surface area contributed by atoms with Crippen molar-refractivity contribution in [3.63, 3.8) is 0 Å². The number of hydrogen-bond donors (Lipinski definition) is 6. The van der Waals surface area contributed by atoms with Gasteiger partial charge in [-0.2, -0.15) is 0 Å². The molecule has 0 bridgehead atoms. The van der Waals surface area contributed by atoms with Gasteiger partial charge in [0.25, 0.3) is 5.69 Å². The fourth-order valence-electron chi connectivity index (χ4n) is 8.74. The molecule has 21 nitrogen and oxygen atoms in total. The number of carbonyl (C=O) groups is 7. The molecule has 6 aromatic rings. The number of benzene rings is 6. The topological polar surface area (TPSA) is 295 Å². The van der Waals surface area contributed by atoms with Gasteiger partial charge in [-0.15, -0.1) is 0 Å². The molecular formula is C64H71N7O14. The number of non-ortho nitro benzene ring substituents is 1. The van der Waals surface area contributed by atoms with Crippen molar-refractivity contribution in [1.29, 1.82) is 0 Å². The van der Waals surface area contributed by atoms with Gasteiger partial charge in [0.2, 0.25) is 29.5 Å². The maximum Gasteiger partial charge on any atom is 0.306 e. The summed E-state index contributed by atoms with van der Waals surface area (Å²) in [6, 6.07) is 36.6. The molecule has 0 saturated carbocycles. The summed E-state index contributed by atoms with van der Waals surface area (Å²) < 4.78 is 27.8. The third kappa shape index (κ3) is 20.3. The highest BCUT2D eigenvalue weighted by molar-refractivity contribution is 6.01. The highest BCUT2D eigenvalue weighted by atomic mass is 16.6. The van der Waals surface area contributed by atoms with Crippen LogP contribution in [0.4, 0.5) is 34.1 Å². The van der Waals surface area contributed by atoms with Crippen LogP contribution in [0.3, 0.4) is 0 Å². The van der Waals surface area contributed by atoms with Gasteiger partial charge in [-0.05, 0) is 130 Å². The monoisotopic (exact) mass is 1160 g/mol. The summed E-state index contributed by atoms with van der Waals surface area (Å²) >= 11 is 0. The van der Waals surface area contributed by atoms with Crippen LogP contribution in [0.25, 0.3) is 0 Å². The summed E-state index contributed by atoms with van der Waals surface area (Å²) in [6.07, 6.45) is 2.05. The fraction of sp³-hybridized carbons (Fsp3) is 0.328. The fourth-order valence-corrected chi connectivity index (χ4v) is 8.74. The first kappa shape index (κ1) is 63.0. The van der Waals surface area contributed by atoms with Crippen LogP contribution in [0.5, 0.6) is 17.2 Å². The van der Waals surface area contributed by atoms with Crippen LogP contribution in [0.2, 0.25) is 0 Å². The number of amides is 5. The molecule has 0 unspecified atom stereocenters. The number of esters is 2. The van der Waals surface area contributed by atoms with Gasteiger partial charge in [0.05, 0.1) is 30.2 Å². The van der Waals surface area contributed by atoms with E-state index in [2.05, 4.69) is 26.6 Å². The quantitative estimate of drug-likeness (QED) is 0.0235. The Morgan fingerprint density at radius 2 is 0.918 bits per heavy atom. The zero-order chi connectivity index (χ0) is 61.4. The van der Waals surface area contributed by atoms with Crippen LogP contribution in [-0.2, 0) is 82.1 Å². The van der Waals surface area contributed by atoms with E-state index in [1.54, 1.807) is 70.2 Å². The van der Waals surface area contributed by atoms with E-state index >= 15 is 0 Å². The second-order valence-corrected chi connectivity index (χ2v) is 22.6. The van der Waals surface area contributed by atoms with Crippen LogP contribution in [0, 0.1) is 16.0 Å². The van der Waals surface area contributed by atoms with Gasteiger partial charge in [-0.3, -0.25) is 43.7 Å². The molecule has 9 rings (SSSR count). The van der Waals surface area contributed by atoms with E-state index < -0.39 is 22.2 Å². The Kier molecular flexibility index (Phi) is 21.2. The number of ether oxygens (including phenoxy) is 5. The van der Waals surface area contributed by atoms with E-state index in [4.69, 9.17) is 29.4 Å². The molecule has 7 N–H and O–H groups in total. The lowest BCUT2D eigenvalue weighted by atomic mass is 10.0. The Hall–Kier alpha value is -9.63. The number of nitro benzene ring substituents is 1. The molecule has 3 heterocycles. The Morgan fingerprint density at radius 1 is 0.541 bits per heavy atom. The Morgan fingerprint density at radius 3 is 1.32 bits per heavy atom. The lowest BCUT2D eigenvalue weighted by molar-refractivity contribution is -0.384. The normalized spacial score (nSPS) is 13.4. The average Bonchev–Trinajstić information content (AvgIpc) is 3.91. The third-order valence-electron chi connectivity index (χ3n) is 12.9. The van der Waals surface area contributed by atoms with Gasteiger partial charge in [0.15, 0.2) is 0 Å². The largest absolute Gasteiger partial charge is 0.489 e. The van der Waals surface area contributed by atoms with E-state index in [1.165, 1.54) is 12.1 Å². The number of rotatable bonds is 20. The molecule has 446 valence electrons. The van der Waals surface area contributed by atoms with Gasteiger partial charge in [-0.25, -0.2) is 0 Å². The molecule has 0 fully saturated rings. The average molecular weight is 1160 g/mol. The molecular weight excluding hydrogens is 1090 g/mol. The van der Waals surface area contributed by atoms with Crippen LogP contribution < -0.4 is 46.5 Å². The summed E-state index contributed by atoms with van der Waals surface area (Å²) in [6.45, 7) is 13.5. The van der Waals surface area contributed by atoms with Gasteiger partial charge < -0.3 is 56.0 Å². The number of carbonyl (C=O) groups excluding carboxylic acids is 7. The van der Waals surface area contributed by atoms with Crippen molar-refractivity contribution in [2.75, 3.05) is 26.6 Å². The van der Waals surface area contributed by atoms with Crippen molar-refractivity contribution in [2.24, 2.45) is 11.7 Å². The number of anilines is 5. The molecule has 0 aliphatic carbocycles. The molecule has 3 aliphatic rings. The van der Waals surface area contributed by atoms with Crippen molar-refractivity contribution < 1.29 is 62.2 Å². The van der Waals surface area contributed by atoms with Crippen molar-refractivity contribution in [2.45, 2.75) is 130 Å². The maximum absolute atomic E-state index is 12.5. The molecule has 2 atom stereocenters. The minimum absolute atomic E-state index is 0.0130. The van der Waals surface area contributed by atoms with Crippen LogP contribution in [-0.4, -0.2) is 63.6 Å². The smallest absolute Gasteiger partial charge is 0.306 e. The SMILES string of the molecule is CC(C)(C)OC(=O)CC[C@H](N)C(=O)Nc1cccc(COc2ccc3c(c2)NC(=O)C3)c1.C[C@@H](CCC(=O)OC(C)(C)C)C(=O)Nc1cccc(COc2ccc3c(c2)NC(=O)C3)c1.O=C1Cc2ccc(OCc3cccc([N+](=O)[O-])c3)cc2N1. The van der Waals surface area contributed by atoms with E-state index in [9.17, 15) is 43.7 Å². The number of hydrogen-bond acceptors (Lipinski definition) is 15. The summed E-state index contributed by atoms with van der Waals surface area (Å²) in [7, 11) is 0. The van der Waals surface area contributed by atoms with Gasteiger partial charge >= 0.3 is 11.9 Å². The number of nitro groups is 1. The Bertz CT molecular complexity index is 3300. The van der Waals surface area contributed by atoms with Gasteiger partial charge in [-0.1, -0.05) is 61.5 Å². The van der Waals surface area contributed by atoms with E-state index in [0.717, 1.165) is 44.9 Å². The minimum Gasteiger partial charge on any atom is -0.489 e. The molecule has 3 aliphatic heterocycles. The minimum atomic E-state index is -0.830. The van der Waals surface area contributed by atoms with Crippen LogP contribution in [0.15, 0.2) is 127 Å². The van der Waals surface area contributed by atoms with Crippen LogP contribution in [0.1, 0.15) is 108 Å². The molecule has 85 heavy (non-hydrogen) atoms. The van der Waals surface area contributed by atoms with Crippen molar-refractivity contribution in [1.82, 2.24) is 0 Å². The zero-order valence-electron chi connectivity index (χ0n) is 48.6. The summed E-state index contributed by atoms with van der Waals surface area (Å²) in [4.78, 5) is 93.1. The number of fused-ring (bicyclic) bond motifs is 3. The number of nitrogens with one attached hydrogen (secondary N) is 5. The zero-order valence-corrected chi connectivity index (χ0v) is 48.6. The van der Waals surface area contributed by atoms with E-state index in [1.807, 2.05) is 93.6 Å². The van der Waals surface area contributed by atoms with Gasteiger partial charge in [0.1, 0.15) is 48.3 Å². The highest BCUT2D eigenvalue weighted by Crippen LogP contribution is 2.31. The second-order valence-electron chi connectivity index (χ2n) is 22.6. The number of nitrogens with two attached hydrogens (primary N) is 1. The van der Waals surface area contributed by atoms with Gasteiger partial charge in [0, 0.05) is 77.5 Å². The molecule has 6 aromatic carbocycles. The first-order chi connectivity index (χ1) is 40.3. The van der Waals surface area contributed by atoms with Crippen molar-refractivity contribution >= 4 is 75.6 Å². The molecule has 21 heteroatoms. The Labute approximate surface area is 492 Å². The predicted octanol–water partition coefficient (Wildman–Crippen LogP) is 10.3. The molecule has 0 spiro atoms. The number of nitrogens with zero attached hydrogens (tertiary/aromatic N) is 1. The molecule has 0 aromatic heterocycles. The van der Waals surface area contributed by atoms with Crippen LogP contribution >= 0.6 is 0 Å². The second kappa shape index (κ2) is 28.6. The first-order valence-electron chi connectivity index (χ1n) is 27.7. The molecule has 5 amide bonds. The summed E-state index contributed by atoms with van der Waals surface area (Å²) in [5.41, 5.74) is 13.8. The Balaban J connectivity index is 0.000000187. The molecule has 0 radical (unpaired) electrons. The first-order valence-corrected chi connectivity index (χ1v) is 27.7. The highest BCUT2D eigenvalue weighted by Gasteiger charge is 2.24. The van der Waals surface area contributed by atoms with Crippen molar-refractivity contribution in [3.8, 4) is 17.2 Å². The third-order valence-corrected chi connectivity index (χ3v) is 12.9. The standard InChI is InChI=1S/C25H30N2O5.C24H29N3O5.C15H12N2O4/c1-16(8-11-23(29)32-25(2,3)4)24(30)26-19-7-5-6-17(12-19)15-31-20-10-9-18-13-22(28)27-21(18)14-20;1-24(2,3)32-22(29)10-9-19(25)23(30)26-17-6-4-5-15(11-17)14-31-18-8-7-16-12-21(28)27-20(16)13-18;18-15-7-11-4-5-13(8-14(11)16-15)21-9-10-2-1-3-12(6-10)17(19)20/h5-7,9-10,12,14,16H,8,11,13,15H2,1-4H3,(H,26,30)(H,27,28);4-8,11,13,19H,9-10,12,14,25H2,1-3H3,(H,26,30)(H,27,28);1-6,8H,7,9H2,(H,16,18)/t16-;19-;/m00./s1. The lowest BCUT2D eigenvalue weighted by Gasteiger charge is -2.20. The van der Waals surface area contributed by atoms with E-state index in [0.29, 0.717) is 73.1 Å². The maximum atomic E-state index is 12.5.